The molecule has 7 heteroatoms. The number of esters is 1. The number of ether oxygens (including phenoxy) is 3. The summed E-state index contributed by atoms with van der Waals surface area (Å²) in [7, 11) is 1.23. The number of methoxy groups -OCH3 is 1. The number of benzene rings is 2. The molecule has 0 bridgehead atoms. The van der Waals surface area contributed by atoms with E-state index in [1.807, 2.05) is 40.7 Å². The highest BCUT2D eigenvalue weighted by Crippen LogP contribution is 2.48. The number of carbonyl (C=O) groups is 2. The fraction of sp³-hybridized carbons (Fsp3) is 0.423. The number of nitrogens with zero attached hydrogens (tertiary/aromatic N) is 1. The molecule has 0 aromatic heterocycles. The highest BCUT2D eigenvalue weighted by atomic mass is 16.5. The zero-order valence-electron chi connectivity index (χ0n) is 19.9. The molecule has 0 atom stereocenters. The van der Waals surface area contributed by atoms with Crippen LogP contribution in [0.4, 0.5) is 0 Å². The van der Waals surface area contributed by atoms with Crippen molar-refractivity contribution in [1.82, 2.24) is 0 Å². The predicted octanol–water partition coefficient (Wildman–Crippen LogP) is 4.46. The van der Waals surface area contributed by atoms with Gasteiger partial charge in [-0.3, -0.25) is 4.99 Å². The number of aliphatic imine (C=N–C) groups is 1. The van der Waals surface area contributed by atoms with E-state index in [0.29, 0.717) is 30.7 Å². The van der Waals surface area contributed by atoms with Crippen molar-refractivity contribution in [2.45, 2.75) is 58.6 Å². The van der Waals surface area contributed by atoms with E-state index >= 15 is 0 Å². The number of carbonyl (C=O) groups excluding carboxylic acids is 1. The van der Waals surface area contributed by atoms with Gasteiger partial charge in [-0.15, -0.1) is 0 Å². The SMILES string of the molecule is CCOc1cc2c(c3c1OC(C)(C)C3)C(c1ccc(C(=O)OC)c(C(=O)O)c1)=NC(C)(C)C2. The van der Waals surface area contributed by atoms with Crippen LogP contribution in [0.2, 0.25) is 0 Å². The molecule has 0 radical (unpaired) electrons. The summed E-state index contributed by atoms with van der Waals surface area (Å²) in [6.07, 6.45) is 1.39. The Bertz CT molecular complexity index is 1190. The summed E-state index contributed by atoms with van der Waals surface area (Å²) in [6.45, 7) is 10.6. The van der Waals surface area contributed by atoms with Gasteiger partial charge in [0.1, 0.15) is 5.60 Å². The number of hydrogen-bond acceptors (Lipinski definition) is 6. The Hall–Kier alpha value is -3.35. The molecule has 2 aromatic carbocycles. The van der Waals surface area contributed by atoms with E-state index in [2.05, 4.69) is 0 Å². The maximum Gasteiger partial charge on any atom is 0.338 e. The molecule has 7 nitrogen and oxygen atoms in total. The Morgan fingerprint density at radius 3 is 2.48 bits per heavy atom. The van der Waals surface area contributed by atoms with E-state index in [1.165, 1.54) is 19.2 Å². The number of carboxylic acid groups (broad SMARTS) is 1. The molecule has 33 heavy (non-hydrogen) atoms. The largest absolute Gasteiger partial charge is 0.490 e. The van der Waals surface area contributed by atoms with Gasteiger partial charge in [0.15, 0.2) is 11.5 Å². The van der Waals surface area contributed by atoms with Gasteiger partial charge >= 0.3 is 11.9 Å². The molecule has 2 heterocycles. The van der Waals surface area contributed by atoms with Crippen LogP contribution in [0, 0.1) is 0 Å². The topological polar surface area (TPSA) is 94.4 Å². The van der Waals surface area contributed by atoms with Crippen molar-refractivity contribution in [3.8, 4) is 11.5 Å². The third kappa shape index (κ3) is 4.08. The minimum atomic E-state index is -1.20. The molecule has 0 unspecified atom stereocenters. The molecule has 0 saturated heterocycles. The fourth-order valence-corrected chi connectivity index (χ4v) is 4.70. The summed E-state index contributed by atoms with van der Waals surface area (Å²) >= 11 is 0. The molecule has 0 aliphatic carbocycles. The van der Waals surface area contributed by atoms with Crippen molar-refractivity contribution in [2.24, 2.45) is 4.99 Å². The number of aromatic carboxylic acids is 1. The maximum atomic E-state index is 12.1. The monoisotopic (exact) mass is 451 g/mol. The summed E-state index contributed by atoms with van der Waals surface area (Å²) in [6, 6.07) is 6.75. The van der Waals surface area contributed by atoms with Crippen LogP contribution in [0.1, 0.15) is 77.6 Å². The lowest BCUT2D eigenvalue weighted by molar-refractivity contribution is 0.0582. The molecule has 2 aliphatic heterocycles. The van der Waals surface area contributed by atoms with Gasteiger partial charge < -0.3 is 19.3 Å². The molecule has 0 fully saturated rings. The lowest BCUT2D eigenvalue weighted by Crippen LogP contribution is -2.31. The Balaban J connectivity index is 1.96. The van der Waals surface area contributed by atoms with Crippen LogP contribution in [0.3, 0.4) is 0 Å². The number of hydrogen-bond donors (Lipinski definition) is 1. The minimum Gasteiger partial charge on any atom is -0.490 e. The van der Waals surface area contributed by atoms with Crippen molar-refractivity contribution >= 4 is 17.7 Å². The average Bonchev–Trinajstić information content (AvgIpc) is 3.06. The van der Waals surface area contributed by atoms with E-state index in [-0.39, 0.29) is 11.1 Å². The molecule has 0 spiro atoms. The van der Waals surface area contributed by atoms with Crippen LogP contribution in [0.25, 0.3) is 0 Å². The van der Waals surface area contributed by atoms with E-state index in [1.54, 1.807) is 6.07 Å². The quantitative estimate of drug-likeness (QED) is 0.675. The van der Waals surface area contributed by atoms with E-state index in [4.69, 9.17) is 19.2 Å². The Kier molecular flexibility index (Phi) is 5.47. The minimum absolute atomic E-state index is 0.00559. The average molecular weight is 452 g/mol. The molecule has 1 N–H and O–H groups in total. The first-order valence-corrected chi connectivity index (χ1v) is 11.0. The zero-order chi connectivity index (χ0) is 24.1. The molecule has 4 rings (SSSR count). The first-order chi connectivity index (χ1) is 15.5. The van der Waals surface area contributed by atoms with Gasteiger partial charge in [-0.2, -0.15) is 0 Å². The highest BCUT2D eigenvalue weighted by molar-refractivity contribution is 6.17. The third-order valence-electron chi connectivity index (χ3n) is 5.91. The standard InChI is InChI=1S/C26H29NO6/c1-7-32-19-11-15-12-25(2,3)27-21(20(15)18-13-26(4,5)33-22(18)19)14-8-9-16(24(30)31-6)17(10-14)23(28)29/h8-11H,7,12-13H2,1-6H3,(H,28,29). The zero-order valence-corrected chi connectivity index (χ0v) is 19.9. The van der Waals surface area contributed by atoms with Crippen molar-refractivity contribution in [3.63, 3.8) is 0 Å². The van der Waals surface area contributed by atoms with Crippen molar-refractivity contribution in [3.05, 3.63) is 57.6 Å². The predicted molar refractivity (Wildman–Crippen MR) is 124 cm³/mol. The van der Waals surface area contributed by atoms with Crippen molar-refractivity contribution in [1.29, 1.82) is 0 Å². The fourth-order valence-electron chi connectivity index (χ4n) is 4.70. The van der Waals surface area contributed by atoms with Gasteiger partial charge in [-0.1, -0.05) is 6.07 Å². The van der Waals surface area contributed by atoms with Gasteiger partial charge in [-0.05, 0) is 64.8 Å². The van der Waals surface area contributed by atoms with Crippen LogP contribution >= 0.6 is 0 Å². The lowest BCUT2D eigenvalue weighted by atomic mass is 9.80. The summed E-state index contributed by atoms with van der Waals surface area (Å²) in [5.41, 5.74) is 3.47. The van der Waals surface area contributed by atoms with Gasteiger partial charge in [0.2, 0.25) is 0 Å². The first kappa shape index (κ1) is 22.8. The third-order valence-corrected chi connectivity index (χ3v) is 5.91. The molecular formula is C26H29NO6. The van der Waals surface area contributed by atoms with Gasteiger partial charge in [-0.25, -0.2) is 9.59 Å². The van der Waals surface area contributed by atoms with E-state index < -0.39 is 23.1 Å². The van der Waals surface area contributed by atoms with Gasteiger partial charge in [0, 0.05) is 23.1 Å². The number of rotatable bonds is 5. The summed E-state index contributed by atoms with van der Waals surface area (Å²) in [4.78, 5) is 29.1. The van der Waals surface area contributed by atoms with E-state index in [9.17, 15) is 14.7 Å². The lowest BCUT2D eigenvalue weighted by Gasteiger charge is -2.31. The molecule has 0 amide bonds. The smallest absolute Gasteiger partial charge is 0.338 e. The van der Waals surface area contributed by atoms with Crippen molar-refractivity contribution in [2.75, 3.05) is 13.7 Å². The Morgan fingerprint density at radius 1 is 1.12 bits per heavy atom. The molecule has 174 valence electrons. The molecule has 0 saturated carbocycles. The summed E-state index contributed by atoms with van der Waals surface area (Å²) in [5, 5.41) is 9.77. The second-order valence-corrected chi connectivity index (χ2v) is 9.69. The highest BCUT2D eigenvalue weighted by Gasteiger charge is 2.40. The Morgan fingerprint density at radius 2 is 1.85 bits per heavy atom. The van der Waals surface area contributed by atoms with Crippen molar-refractivity contribution < 1.29 is 28.9 Å². The first-order valence-electron chi connectivity index (χ1n) is 11.0. The van der Waals surface area contributed by atoms with E-state index in [0.717, 1.165) is 28.2 Å². The number of fused-ring (bicyclic) bond motifs is 3. The summed E-state index contributed by atoms with van der Waals surface area (Å²) < 4.78 is 17.0. The molecule has 2 aromatic rings. The normalized spacial score (nSPS) is 17.3. The van der Waals surface area contributed by atoms with Crippen LogP contribution in [-0.4, -0.2) is 47.6 Å². The van der Waals surface area contributed by atoms with Crippen LogP contribution in [0.15, 0.2) is 29.3 Å². The molecular weight excluding hydrogens is 422 g/mol. The summed E-state index contributed by atoms with van der Waals surface area (Å²) in [5.74, 6) is -0.448. The van der Waals surface area contributed by atoms with Crippen LogP contribution < -0.4 is 9.47 Å². The Labute approximate surface area is 193 Å². The molecule has 2 aliphatic rings. The van der Waals surface area contributed by atoms with Crippen LogP contribution in [0.5, 0.6) is 11.5 Å². The maximum absolute atomic E-state index is 12.1. The van der Waals surface area contributed by atoms with Gasteiger partial charge in [0.05, 0.1) is 36.1 Å². The second-order valence-electron chi connectivity index (χ2n) is 9.69. The number of carboxylic acids is 1. The van der Waals surface area contributed by atoms with Crippen LogP contribution in [-0.2, 0) is 17.6 Å². The van der Waals surface area contributed by atoms with Gasteiger partial charge in [0.25, 0.3) is 0 Å². The second kappa shape index (κ2) is 7.90.